The predicted octanol–water partition coefficient (Wildman–Crippen LogP) is 2.63. The third-order valence-corrected chi connectivity index (χ3v) is 5.93. The van der Waals surface area contributed by atoms with Crippen molar-refractivity contribution >= 4 is 36.9 Å². The molecule has 3 aromatic rings. The minimum atomic E-state index is -3.67. The Labute approximate surface area is 234 Å². The number of fused-ring (bicyclic) bond motifs is 1. The molecule has 0 radical (unpaired) electrons. The number of piperazine rings is 1. The Kier molecular flexibility index (Phi) is 12.2. The molecule has 2 heterocycles. The highest BCUT2D eigenvalue weighted by Gasteiger charge is 2.22. The van der Waals surface area contributed by atoms with E-state index in [0.29, 0.717) is 34.8 Å². The van der Waals surface area contributed by atoms with E-state index >= 15 is 0 Å². The number of rotatable bonds is 7. The summed E-state index contributed by atoms with van der Waals surface area (Å²) in [7, 11) is -5.74. The second kappa shape index (κ2) is 14.7. The number of ether oxygens (including phenoxy) is 1. The van der Waals surface area contributed by atoms with Crippen LogP contribution in [0.3, 0.4) is 0 Å². The van der Waals surface area contributed by atoms with Gasteiger partial charge in [0.2, 0.25) is 0 Å². The zero-order chi connectivity index (χ0) is 30.1. The molecule has 4 rings (SSSR count). The number of ketones is 1. The molecule has 1 aliphatic heterocycles. The number of aryl methyl sites for hydroxylation is 1. The van der Waals surface area contributed by atoms with Gasteiger partial charge >= 0.3 is 0 Å². The summed E-state index contributed by atoms with van der Waals surface area (Å²) in [4.78, 5) is 15.8. The smallest absolute Gasteiger partial charge is 0.261 e. The lowest BCUT2D eigenvalue weighted by Gasteiger charge is -2.27. The van der Waals surface area contributed by atoms with Crippen LogP contribution in [0.2, 0.25) is 0 Å². The zero-order valence-electron chi connectivity index (χ0n) is 22.9. The van der Waals surface area contributed by atoms with Gasteiger partial charge < -0.3 is 19.5 Å². The number of methoxy groups -OCH3 is 1. The highest BCUT2D eigenvalue weighted by atomic mass is 32.2. The standard InChI is InChI=1S/C24H28FN3O2.2CH4O3S/c1-17-23(24(29)18-4-7-20(30-2)8-5-18)21-16-19(25)6-9-22(21)28(17)13-3-12-27-14-10-26-11-15-27;2*1-5(2,3)4/h4-9,16,26H,3,10-15H2,1-2H3;2*1H3,(H,2,3,4). The predicted molar refractivity (Wildman–Crippen MR) is 152 cm³/mol. The molecule has 2 aromatic carbocycles. The molecule has 0 bridgehead atoms. The van der Waals surface area contributed by atoms with E-state index in [9.17, 15) is 26.0 Å². The summed E-state index contributed by atoms with van der Waals surface area (Å²) in [5.41, 5.74) is 2.95. The molecule has 14 heteroatoms. The molecular formula is C26H36FN3O8S2. The first-order chi connectivity index (χ1) is 18.6. The SMILES string of the molecule is COc1ccc(C(=O)c2c(C)n(CCCN3CCNCC3)c3ccc(F)cc23)cc1.CS(=O)(=O)O.CS(=O)(=O)O. The maximum atomic E-state index is 14.1. The normalized spacial score (nSPS) is 14.1. The number of halogens is 1. The Morgan fingerprint density at radius 1 is 0.975 bits per heavy atom. The van der Waals surface area contributed by atoms with Crippen molar-refractivity contribution in [3.8, 4) is 5.75 Å². The minimum absolute atomic E-state index is 0.0911. The van der Waals surface area contributed by atoms with Crippen LogP contribution in [0.25, 0.3) is 10.9 Å². The van der Waals surface area contributed by atoms with Crippen LogP contribution in [-0.4, -0.2) is 93.5 Å². The Balaban J connectivity index is 0.000000482. The van der Waals surface area contributed by atoms with E-state index < -0.39 is 20.2 Å². The van der Waals surface area contributed by atoms with Gasteiger partial charge in [-0.15, -0.1) is 0 Å². The van der Waals surface area contributed by atoms with Gasteiger partial charge in [0.15, 0.2) is 5.78 Å². The molecule has 3 N–H and O–H groups in total. The second-order valence-corrected chi connectivity index (χ2v) is 12.2. The van der Waals surface area contributed by atoms with Crippen LogP contribution in [0.15, 0.2) is 42.5 Å². The fourth-order valence-corrected chi connectivity index (χ4v) is 4.30. The highest BCUT2D eigenvalue weighted by molar-refractivity contribution is 7.85. The Morgan fingerprint density at radius 2 is 1.52 bits per heavy atom. The first-order valence-electron chi connectivity index (χ1n) is 12.3. The second-order valence-electron chi connectivity index (χ2n) is 9.24. The van der Waals surface area contributed by atoms with Gasteiger partial charge in [0.25, 0.3) is 20.2 Å². The molecule has 0 atom stereocenters. The molecule has 40 heavy (non-hydrogen) atoms. The van der Waals surface area contributed by atoms with Gasteiger partial charge in [0.1, 0.15) is 11.6 Å². The lowest BCUT2D eigenvalue weighted by Crippen LogP contribution is -2.43. The molecule has 1 aromatic heterocycles. The average Bonchev–Trinajstić information content (AvgIpc) is 3.12. The van der Waals surface area contributed by atoms with Crippen LogP contribution in [-0.2, 0) is 26.8 Å². The Morgan fingerprint density at radius 3 is 2.05 bits per heavy atom. The quantitative estimate of drug-likeness (QED) is 0.272. The van der Waals surface area contributed by atoms with Crippen molar-refractivity contribution in [1.29, 1.82) is 0 Å². The van der Waals surface area contributed by atoms with E-state index in [4.69, 9.17) is 13.8 Å². The molecule has 0 unspecified atom stereocenters. The minimum Gasteiger partial charge on any atom is -0.497 e. The number of hydrogen-bond acceptors (Lipinski definition) is 8. The first-order valence-corrected chi connectivity index (χ1v) is 16.0. The molecule has 222 valence electrons. The number of carbonyl (C=O) groups excluding carboxylic acids is 1. The van der Waals surface area contributed by atoms with Crippen molar-refractivity contribution in [2.45, 2.75) is 19.9 Å². The summed E-state index contributed by atoms with van der Waals surface area (Å²) in [5.74, 6) is 0.278. The zero-order valence-corrected chi connectivity index (χ0v) is 24.6. The van der Waals surface area contributed by atoms with Crippen molar-refractivity contribution in [2.75, 3.05) is 52.3 Å². The number of aromatic nitrogens is 1. The summed E-state index contributed by atoms with van der Waals surface area (Å²) in [6, 6.07) is 11.8. The number of hydrogen-bond donors (Lipinski definition) is 3. The highest BCUT2D eigenvalue weighted by Crippen LogP contribution is 2.29. The van der Waals surface area contributed by atoms with Crippen molar-refractivity contribution in [1.82, 2.24) is 14.8 Å². The summed E-state index contributed by atoms with van der Waals surface area (Å²) in [6.07, 6.45) is 2.41. The lowest BCUT2D eigenvalue weighted by atomic mass is 10.0. The van der Waals surface area contributed by atoms with Crippen molar-refractivity contribution in [3.05, 3.63) is 65.1 Å². The summed E-state index contributed by atoms with van der Waals surface area (Å²) >= 11 is 0. The maximum Gasteiger partial charge on any atom is 0.261 e. The molecule has 1 aliphatic rings. The fourth-order valence-electron chi connectivity index (χ4n) is 4.30. The van der Waals surface area contributed by atoms with Crippen molar-refractivity contribution in [2.24, 2.45) is 0 Å². The van der Waals surface area contributed by atoms with Crippen LogP contribution >= 0.6 is 0 Å². The molecule has 0 aliphatic carbocycles. The molecule has 1 fully saturated rings. The monoisotopic (exact) mass is 601 g/mol. The van der Waals surface area contributed by atoms with E-state index in [1.54, 1.807) is 37.4 Å². The first kappa shape index (κ1) is 33.3. The van der Waals surface area contributed by atoms with Gasteiger partial charge in [-0.1, -0.05) is 0 Å². The van der Waals surface area contributed by atoms with Gasteiger partial charge in [0, 0.05) is 54.9 Å². The van der Waals surface area contributed by atoms with E-state index in [0.717, 1.165) is 56.9 Å². The maximum absolute atomic E-state index is 14.1. The van der Waals surface area contributed by atoms with Crippen LogP contribution in [0.4, 0.5) is 4.39 Å². The van der Waals surface area contributed by atoms with Crippen LogP contribution in [0.5, 0.6) is 5.75 Å². The average molecular weight is 602 g/mol. The van der Waals surface area contributed by atoms with Gasteiger partial charge in [-0.05, 0) is 62.4 Å². The van der Waals surface area contributed by atoms with Crippen LogP contribution < -0.4 is 10.1 Å². The van der Waals surface area contributed by atoms with Crippen LogP contribution in [0, 0.1) is 12.7 Å². The molecule has 0 amide bonds. The molecular weight excluding hydrogens is 565 g/mol. The molecule has 1 saturated heterocycles. The number of nitrogens with one attached hydrogen (secondary N) is 1. The Hall–Kier alpha value is -2.88. The summed E-state index contributed by atoms with van der Waals surface area (Å²) in [6.45, 7) is 7.98. The van der Waals surface area contributed by atoms with E-state index in [2.05, 4.69) is 14.8 Å². The van der Waals surface area contributed by atoms with Gasteiger partial charge in [0.05, 0.1) is 25.2 Å². The van der Waals surface area contributed by atoms with Crippen molar-refractivity contribution < 1.29 is 39.9 Å². The third-order valence-electron chi connectivity index (χ3n) is 5.93. The van der Waals surface area contributed by atoms with Gasteiger partial charge in [-0.25, -0.2) is 4.39 Å². The van der Waals surface area contributed by atoms with E-state index in [1.165, 1.54) is 12.1 Å². The van der Waals surface area contributed by atoms with Gasteiger partial charge in [-0.3, -0.25) is 13.9 Å². The Bertz CT molecular complexity index is 1450. The largest absolute Gasteiger partial charge is 0.497 e. The summed E-state index contributed by atoms with van der Waals surface area (Å²) < 4.78 is 73.2. The number of benzene rings is 2. The molecule has 0 saturated carbocycles. The topological polar surface area (TPSA) is 155 Å². The van der Waals surface area contributed by atoms with Gasteiger partial charge in [-0.2, -0.15) is 16.8 Å². The van der Waals surface area contributed by atoms with E-state index in [1.807, 2.05) is 6.92 Å². The van der Waals surface area contributed by atoms with E-state index in [-0.39, 0.29) is 11.6 Å². The molecule has 0 spiro atoms. The lowest BCUT2D eigenvalue weighted by molar-refractivity contribution is 0.103. The summed E-state index contributed by atoms with van der Waals surface area (Å²) in [5, 5.41) is 4.05. The number of carbonyl (C=O) groups is 1. The molecule has 11 nitrogen and oxygen atoms in total. The van der Waals surface area contributed by atoms with Crippen LogP contribution in [0.1, 0.15) is 28.0 Å². The fraction of sp³-hybridized carbons (Fsp3) is 0.423. The van der Waals surface area contributed by atoms with Crippen molar-refractivity contribution in [3.63, 3.8) is 0 Å². The number of nitrogens with zero attached hydrogens (tertiary/aromatic N) is 2. The third kappa shape index (κ3) is 11.3.